The lowest BCUT2D eigenvalue weighted by molar-refractivity contribution is 0.300. The van der Waals surface area contributed by atoms with E-state index in [1.165, 1.54) is 0 Å². The van der Waals surface area contributed by atoms with E-state index >= 15 is 0 Å². The molecule has 0 aliphatic rings. The summed E-state index contributed by atoms with van der Waals surface area (Å²) in [7, 11) is 0. The number of ether oxygens (including phenoxy) is 1. The number of rotatable bonds is 3. The number of halogens is 2. The molecule has 0 aliphatic heterocycles. The van der Waals surface area contributed by atoms with Crippen LogP contribution in [0.25, 0.3) is 0 Å². The summed E-state index contributed by atoms with van der Waals surface area (Å²) in [5, 5.41) is 0.0148. The molecular weight excluding hydrogens is 241 g/mol. The molecule has 17 heavy (non-hydrogen) atoms. The van der Waals surface area contributed by atoms with Gasteiger partial charge >= 0.3 is 0 Å². The summed E-state index contributed by atoms with van der Waals surface area (Å²) in [6.07, 6.45) is 1.68. The average molecular weight is 252 g/mol. The van der Waals surface area contributed by atoms with Gasteiger partial charge in [-0.3, -0.25) is 4.98 Å². The molecule has 1 heterocycles. The second-order valence-corrected chi connectivity index (χ2v) is 4.00. The van der Waals surface area contributed by atoms with Crippen molar-refractivity contribution in [2.45, 2.75) is 13.5 Å². The van der Waals surface area contributed by atoms with Crippen LogP contribution in [0.15, 0.2) is 36.5 Å². The van der Waals surface area contributed by atoms with Crippen LogP contribution in [-0.2, 0) is 6.61 Å². The summed E-state index contributed by atoms with van der Waals surface area (Å²) in [6, 6.07) is 8.81. The third kappa shape index (κ3) is 2.74. The third-order valence-electron chi connectivity index (χ3n) is 2.34. The lowest BCUT2D eigenvalue weighted by atomic mass is 10.2. The van der Waals surface area contributed by atoms with Crippen molar-refractivity contribution in [3.05, 3.63) is 58.6 Å². The second kappa shape index (κ2) is 5.15. The molecule has 0 radical (unpaired) electrons. The van der Waals surface area contributed by atoms with Crippen LogP contribution in [0.3, 0.4) is 0 Å². The fourth-order valence-electron chi connectivity index (χ4n) is 1.37. The van der Waals surface area contributed by atoms with E-state index < -0.39 is 5.82 Å². The molecule has 0 N–H and O–H groups in total. The summed E-state index contributed by atoms with van der Waals surface area (Å²) < 4.78 is 18.9. The fraction of sp³-hybridized carbons (Fsp3) is 0.154. The Kier molecular flexibility index (Phi) is 3.59. The molecule has 2 nitrogen and oxygen atoms in total. The quantitative estimate of drug-likeness (QED) is 0.829. The first-order chi connectivity index (χ1) is 8.18. The number of aryl methyl sites for hydroxylation is 1. The van der Waals surface area contributed by atoms with Gasteiger partial charge < -0.3 is 4.74 Å². The minimum atomic E-state index is -0.440. The summed E-state index contributed by atoms with van der Waals surface area (Å²) in [5.41, 5.74) is 1.27. The Bertz CT molecular complexity index is 516. The smallest absolute Gasteiger partial charge is 0.148 e. The maximum Gasteiger partial charge on any atom is 0.148 e. The van der Waals surface area contributed by atoms with Gasteiger partial charge in [0.1, 0.15) is 23.2 Å². The standard InChI is InChI=1S/C13H11ClFNO/c1-9-5-6-11(12(14)13(9)15)17-8-10-4-2-3-7-16-10/h2-7H,8H2,1H3. The van der Waals surface area contributed by atoms with Crippen molar-refractivity contribution >= 4 is 11.6 Å². The minimum Gasteiger partial charge on any atom is -0.486 e. The van der Waals surface area contributed by atoms with Crippen molar-refractivity contribution in [1.82, 2.24) is 4.98 Å². The topological polar surface area (TPSA) is 22.1 Å². The van der Waals surface area contributed by atoms with E-state index in [4.69, 9.17) is 16.3 Å². The van der Waals surface area contributed by atoms with Gasteiger partial charge in [0.25, 0.3) is 0 Å². The molecule has 1 aromatic heterocycles. The Balaban J connectivity index is 2.13. The van der Waals surface area contributed by atoms with Crippen LogP contribution in [-0.4, -0.2) is 4.98 Å². The van der Waals surface area contributed by atoms with Gasteiger partial charge in [-0.05, 0) is 30.7 Å². The van der Waals surface area contributed by atoms with Gasteiger partial charge in [0.2, 0.25) is 0 Å². The number of nitrogens with zero attached hydrogens (tertiary/aromatic N) is 1. The molecule has 0 amide bonds. The largest absolute Gasteiger partial charge is 0.486 e. The molecule has 4 heteroatoms. The Morgan fingerprint density at radius 3 is 2.82 bits per heavy atom. The van der Waals surface area contributed by atoms with Gasteiger partial charge in [-0.1, -0.05) is 23.7 Å². The van der Waals surface area contributed by atoms with Crippen LogP contribution in [0, 0.1) is 12.7 Å². The van der Waals surface area contributed by atoms with Crippen LogP contribution in [0.1, 0.15) is 11.3 Å². The first-order valence-corrected chi connectivity index (χ1v) is 5.53. The average Bonchev–Trinajstić information content (AvgIpc) is 2.36. The summed E-state index contributed by atoms with van der Waals surface area (Å²) in [4.78, 5) is 4.10. The van der Waals surface area contributed by atoms with Gasteiger partial charge in [0.05, 0.1) is 5.69 Å². The summed E-state index contributed by atoms with van der Waals surface area (Å²) in [5.74, 6) is -0.106. The maximum absolute atomic E-state index is 13.5. The van der Waals surface area contributed by atoms with Crippen molar-refractivity contribution in [1.29, 1.82) is 0 Å². The Labute approximate surface area is 104 Å². The normalized spacial score (nSPS) is 10.3. The number of pyridine rings is 1. The lowest BCUT2D eigenvalue weighted by Gasteiger charge is -2.09. The van der Waals surface area contributed by atoms with Crippen molar-refractivity contribution in [2.24, 2.45) is 0 Å². The van der Waals surface area contributed by atoms with Crippen molar-refractivity contribution < 1.29 is 9.13 Å². The lowest BCUT2D eigenvalue weighted by Crippen LogP contribution is -1.99. The molecular formula is C13H11ClFNO. The van der Waals surface area contributed by atoms with E-state index in [0.29, 0.717) is 11.3 Å². The van der Waals surface area contributed by atoms with Gasteiger partial charge in [0.15, 0.2) is 0 Å². The highest BCUT2D eigenvalue weighted by Crippen LogP contribution is 2.29. The van der Waals surface area contributed by atoms with Gasteiger partial charge in [0, 0.05) is 6.20 Å². The number of hydrogen-bond acceptors (Lipinski definition) is 2. The van der Waals surface area contributed by atoms with Crippen LogP contribution < -0.4 is 4.74 Å². The molecule has 0 saturated carbocycles. The summed E-state index contributed by atoms with van der Waals surface area (Å²) in [6.45, 7) is 1.92. The molecule has 0 fully saturated rings. The van der Waals surface area contributed by atoms with E-state index in [9.17, 15) is 4.39 Å². The highest BCUT2D eigenvalue weighted by molar-refractivity contribution is 6.32. The van der Waals surface area contributed by atoms with Crippen LogP contribution in [0.4, 0.5) is 4.39 Å². The fourth-order valence-corrected chi connectivity index (χ4v) is 1.64. The molecule has 0 unspecified atom stereocenters. The molecule has 2 rings (SSSR count). The highest BCUT2D eigenvalue weighted by Gasteiger charge is 2.10. The predicted molar refractivity (Wildman–Crippen MR) is 64.7 cm³/mol. The van der Waals surface area contributed by atoms with Crippen LogP contribution in [0.2, 0.25) is 5.02 Å². The first kappa shape index (κ1) is 11.9. The SMILES string of the molecule is Cc1ccc(OCc2ccccn2)c(Cl)c1F. The van der Waals surface area contributed by atoms with Gasteiger partial charge in [-0.15, -0.1) is 0 Å². The van der Waals surface area contributed by atoms with Gasteiger partial charge in [-0.2, -0.15) is 0 Å². The maximum atomic E-state index is 13.5. The number of aromatic nitrogens is 1. The zero-order valence-electron chi connectivity index (χ0n) is 9.28. The predicted octanol–water partition coefficient (Wildman–Crippen LogP) is 3.76. The van der Waals surface area contributed by atoms with E-state index in [0.717, 1.165) is 5.69 Å². The van der Waals surface area contributed by atoms with E-state index in [1.807, 2.05) is 18.2 Å². The highest BCUT2D eigenvalue weighted by atomic mass is 35.5. The van der Waals surface area contributed by atoms with Crippen LogP contribution in [0.5, 0.6) is 5.75 Å². The Morgan fingerprint density at radius 1 is 1.29 bits per heavy atom. The van der Waals surface area contributed by atoms with Crippen molar-refractivity contribution in [3.63, 3.8) is 0 Å². The Morgan fingerprint density at radius 2 is 2.12 bits per heavy atom. The molecule has 0 atom stereocenters. The molecule has 0 bridgehead atoms. The molecule has 1 aromatic carbocycles. The summed E-state index contributed by atoms with van der Waals surface area (Å²) >= 11 is 5.84. The molecule has 88 valence electrons. The monoisotopic (exact) mass is 251 g/mol. The van der Waals surface area contributed by atoms with Crippen molar-refractivity contribution in [3.8, 4) is 5.75 Å². The van der Waals surface area contributed by atoms with Crippen LogP contribution >= 0.6 is 11.6 Å². The Hall–Kier alpha value is -1.61. The van der Waals surface area contributed by atoms with E-state index in [-0.39, 0.29) is 11.6 Å². The minimum absolute atomic E-state index is 0.0148. The zero-order valence-corrected chi connectivity index (χ0v) is 10.0. The van der Waals surface area contributed by atoms with E-state index in [2.05, 4.69) is 4.98 Å². The molecule has 0 saturated heterocycles. The zero-order chi connectivity index (χ0) is 12.3. The molecule has 2 aromatic rings. The number of benzene rings is 1. The molecule has 0 aliphatic carbocycles. The van der Waals surface area contributed by atoms with Crippen molar-refractivity contribution in [2.75, 3.05) is 0 Å². The van der Waals surface area contributed by atoms with Gasteiger partial charge in [-0.25, -0.2) is 4.39 Å². The number of hydrogen-bond donors (Lipinski definition) is 0. The molecule has 0 spiro atoms. The first-order valence-electron chi connectivity index (χ1n) is 5.16. The third-order valence-corrected chi connectivity index (χ3v) is 2.69. The second-order valence-electron chi connectivity index (χ2n) is 3.62. The van der Waals surface area contributed by atoms with E-state index in [1.54, 1.807) is 25.3 Å².